The number of hydrogen-bond acceptors (Lipinski definition) is 4. The minimum Gasteiger partial charge on any atom is -0.209 e. The molecule has 1 aromatic carbocycles. The van der Waals surface area contributed by atoms with Crippen LogP contribution in [0.4, 0.5) is 0 Å². The summed E-state index contributed by atoms with van der Waals surface area (Å²) in [6.07, 6.45) is 1.40. The third kappa shape index (κ3) is 0.889. The van der Waals surface area contributed by atoms with Gasteiger partial charge in [0.2, 0.25) is 0 Å². The number of hydrogen-bond donors (Lipinski definition) is 0. The summed E-state index contributed by atoms with van der Waals surface area (Å²) in [4.78, 5) is 11.1. The van der Waals surface area contributed by atoms with Crippen molar-refractivity contribution in [3.63, 3.8) is 0 Å². The monoisotopic (exact) mass is 160 g/mol. The van der Waals surface area contributed by atoms with Gasteiger partial charge in [0.15, 0.2) is 0 Å². The van der Waals surface area contributed by atoms with E-state index in [0.29, 0.717) is 11.0 Å². The summed E-state index contributed by atoms with van der Waals surface area (Å²) >= 11 is 0. The molecule has 0 atom stereocenters. The van der Waals surface area contributed by atoms with Gasteiger partial charge in [0.05, 0.1) is 0 Å². The molecule has 0 unspecified atom stereocenters. The molecule has 12 heavy (non-hydrogen) atoms. The van der Waals surface area contributed by atoms with E-state index in [1.54, 1.807) is 12.1 Å². The van der Waals surface area contributed by atoms with E-state index in [1.807, 2.05) is 12.1 Å². The fourth-order valence-corrected chi connectivity index (χ4v) is 0.969. The van der Waals surface area contributed by atoms with Gasteiger partial charge in [-0.25, -0.2) is 4.79 Å². The SMILES string of the molecule is O=C=Nn1nnc2ccccc21. The number of nitrogens with zero attached hydrogens (tertiary/aromatic N) is 4. The lowest BCUT2D eigenvalue weighted by Gasteiger charge is -1.86. The van der Waals surface area contributed by atoms with Crippen molar-refractivity contribution in [3.8, 4) is 0 Å². The average molecular weight is 160 g/mol. The smallest absolute Gasteiger partial charge is 0.209 e. The lowest BCUT2D eigenvalue weighted by molar-refractivity contribution is 0.556. The number of fused-ring (bicyclic) bond motifs is 1. The van der Waals surface area contributed by atoms with Crippen LogP contribution in [-0.4, -0.2) is 21.2 Å². The number of carbonyl (C=O) groups excluding carboxylic acids is 1. The van der Waals surface area contributed by atoms with Crippen molar-refractivity contribution >= 4 is 17.1 Å². The van der Waals surface area contributed by atoms with Crippen molar-refractivity contribution in [2.75, 3.05) is 0 Å². The quantitative estimate of drug-likeness (QED) is 0.451. The first-order chi connectivity index (χ1) is 5.92. The molecule has 1 heterocycles. The maximum atomic E-state index is 9.94. The molecule has 0 radical (unpaired) electrons. The Bertz CT molecular complexity index is 455. The van der Waals surface area contributed by atoms with Gasteiger partial charge in [-0.15, -0.1) is 9.89 Å². The largest absolute Gasteiger partial charge is 0.260 e. The van der Waals surface area contributed by atoms with Crippen LogP contribution in [0.3, 0.4) is 0 Å². The zero-order chi connectivity index (χ0) is 8.39. The summed E-state index contributed by atoms with van der Waals surface area (Å²) in [5.41, 5.74) is 1.40. The van der Waals surface area contributed by atoms with E-state index in [4.69, 9.17) is 0 Å². The first-order valence-electron chi connectivity index (χ1n) is 3.30. The summed E-state index contributed by atoms with van der Waals surface area (Å²) < 4.78 is 0. The van der Waals surface area contributed by atoms with Crippen molar-refractivity contribution in [1.82, 2.24) is 15.1 Å². The molecule has 0 aliphatic carbocycles. The van der Waals surface area contributed by atoms with Gasteiger partial charge in [-0.3, -0.25) is 0 Å². The Labute approximate surface area is 67.3 Å². The van der Waals surface area contributed by atoms with Crippen molar-refractivity contribution < 1.29 is 4.79 Å². The van der Waals surface area contributed by atoms with Gasteiger partial charge < -0.3 is 0 Å². The molecule has 0 aliphatic rings. The molecule has 5 heteroatoms. The number of benzene rings is 1. The Morgan fingerprint density at radius 2 is 2.25 bits per heavy atom. The van der Waals surface area contributed by atoms with Crippen LogP contribution in [0.2, 0.25) is 0 Å². The lowest BCUT2D eigenvalue weighted by Crippen LogP contribution is -1.89. The lowest BCUT2D eigenvalue weighted by atomic mass is 10.3. The first kappa shape index (κ1) is 6.69. The highest BCUT2D eigenvalue weighted by molar-refractivity contribution is 5.73. The summed E-state index contributed by atoms with van der Waals surface area (Å²) in [5.74, 6) is 0. The predicted molar refractivity (Wildman–Crippen MR) is 41.0 cm³/mol. The van der Waals surface area contributed by atoms with E-state index in [0.717, 1.165) is 4.79 Å². The highest BCUT2D eigenvalue weighted by atomic mass is 16.1. The Morgan fingerprint density at radius 3 is 3.08 bits per heavy atom. The van der Waals surface area contributed by atoms with E-state index in [2.05, 4.69) is 15.4 Å². The summed E-state index contributed by atoms with van der Waals surface area (Å²) in [6, 6.07) is 7.23. The van der Waals surface area contributed by atoms with Gasteiger partial charge in [-0.05, 0) is 17.3 Å². The van der Waals surface area contributed by atoms with Gasteiger partial charge in [0, 0.05) is 0 Å². The van der Waals surface area contributed by atoms with Gasteiger partial charge in [0.1, 0.15) is 11.0 Å². The Hall–Kier alpha value is -2.00. The maximum absolute atomic E-state index is 9.94. The second kappa shape index (κ2) is 2.56. The van der Waals surface area contributed by atoms with Crippen LogP contribution in [0.5, 0.6) is 0 Å². The van der Waals surface area contributed by atoms with Crippen LogP contribution in [0.1, 0.15) is 0 Å². The van der Waals surface area contributed by atoms with Gasteiger partial charge in [0.25, 0.3) is 6.08 Å². The first-order valence-corrected chi connectivity index (χ1v) is 3.30. The number of aromatic nitrogens is 3. The molecule has 0 amide bonds. The average Bonchev–Trinajstić information content (AvgIpc) is 2.50. The van der Waals surface area contributed by atoms with Gasteiger partial charge >= 0.3 is 0 Å². The minimum atomic E-state index is 0.695. The molecular formula is C7H4N4O. The minimum absolute atomic E-state index is 0.695. The maximum Gasteiger partial charge on any atom is 0.260 e. The summed E-state index contributed by atoms with van der Waals surface area (Å²) in [6.45, 7) is 0. The van der Waals surface area contributed by atoms with E-state index >= 15 is 0 Å². The molecule has 0 bridgehead atoms. The fraction of sp³-hybridized carbons (Fsp3) is 0. The van der Waals surface area contributed by atoms with Crippen molar-refractivity contribution in [2.24, 2.45) is 5.10 Å². The molecule has 1 aromatic heterocycles. The molecule has 0 aliphatic heterocycles. The number of rotatable bonds is 1. The fourth-order valence-electron chi connectivity index (χ4n) is 0.969. The Balaban J connectivity index is 2.78. The van der Waals surface area contributed by atoms with Crippen LogP contribution in [0, 0.1) is 0 Å². The Morgan fingerprint density at radius 1 is 1.42 bits per heavy atom. The molecule has 0 N–H and O–H groups in total. The molecule has 5 nitrogen and oxygen atoms in total. The second-order valence-electron chi connectivity index (χ2n) is 2.16. The number of para-hydroxylation sites is 1. The zero-order valence-corrected chi connectivity index (χ0v) is 6.01. The van der Waals surface area contributed by atoms with Crippen LogP contribution < -0.4 is 0 Å². The predicted octanol–water partition coefficient (Wildman–Crippen LogP) is 0.530. The molecule has 0 spiro atoms. The highest BCUT2D eigenvalue weighted by Gasteiger charge is 1.99. The number of isocyanates is 1. The van der Waals surface area contributed by atoms with Crippen LogP contribution in [0.25, 0.3) is 11.0 Å². The third-order valence-electron chi connectivity index (χ3n) is 1.47. The summed E-state index contributed by atoms with van der Waals surface area (Å²) in [7, 11) is 0. The molecule has 0 fully saturated rings. The summed E-state index contributed by atoms with van der Waals surface area (Å²) in [5, 5.41) is 10.7. The molecule has 0 saturated carbocycles. The van der Waals surface area contributed by atoms with Crippen molar-refractivity contribution in [1.29, 1.82) is 0 Å². The van der Waals surface area contributed by atoms with Gasteiger partial charge in [-0.1, -0.05) is 17.2 Å². The van der Waals surface area contributed by atoms with Crippen LogP contribution in [-0.2, 0) is 4.79 Å². The van der Waals surface area contributed by atoms with Gasteiger partial charge in [-0.2, -0.15) is 0 Å². The second-order valence-corrected chi connectivity index (χ2v) is 2.16. The van der Waals surface area contributed by atoms with E-state index in [9.17, 15) is 4.79 Å². The molecule has 2 rings (SSSR count). The van der Waals surface area contributed by atoms with Crippen LogP contribution in [0.15, 0.2) is 29.4 Å². The molecule has 2 aromatic rings. The normalized spacial score (nSPS) is 9.67. The Kier molecular flexibility index (Phi) is 1.43. The standard InChI is InChI=1S/C7H4N4O/c12-5-8-11-7-4-2-1-3-6(7)9-10-11/h1-4H. The zero-order valence-electron chi connectivity index (χ0n) is 6.01. The third-order valence-corrected chi connectivity index (χ3v) is 1.47. The molecular weight excluding hydrogens is 156 g/mol. The molecule has 0 saturated heterocycles. The van der Waals surface area contributed by atoms with Crippen molar-refractivity contribution in [2.45, 2.75) is 0 Å². The highest BCUT2D eigenvalue weighted by Crippen LogP contribution is 2.08. The van der Waals surface area contributed by atoms with E-state index in [-0.39, 0.29) is 0 Å². The molecule has 58 valence electrons. The van der Waals surface area contributed by atoms with E-state index in [1.165, 1.54) is 6.08 Å². The topological polar surface area (TPSA) is 60.1 Å². The van der Waals surface area contributed by atoms with Crippen molar-refractivity contribution in [3.05, 3.63) is 24.3 Å². The van der Waals surface area contributed by atoms with E-state index < -0.39 is 0 Å². The van der Waals surface area contributed by atoms with Crippen LogP contribution >= 0.6 is 0 Å².